The zero-order valence-corrected chi connectivity index (χ0v) is 12.2. The lowest BCUT2D eigenvalue weighted by Crippen LogP contribution is -2.31. The second kappa shape index (κ2) is 7.36. The van der Waals surface area contributed by atoms with Gasteiger partial charge in [0.15, 0.2) is 0 Å². The molecule has 0 spiro atoms. The summed E-state index contributed by atoms with van der Waals surface area (Å²) >= 11 is 6.09. The minimum atomic E-state index is -0.983. The van der Waals surface area contributed by atoms with Crippen molar-refractivity contribution in [2.45, 2.75) is 26.8 Å². The van der Waals surface area contributed by atoms with Gasteiger partial charge in [0.05, 0.1) is 28.9 Å². The molecule has 5 heteroatoms. The lowest BCUT2D eigenvalue weighted by Gasteiger charge is -2.24. The number of hydrogen-bond acceptors (Lipinski definition) is 3. The fraction of sp³-hybridized carbons (Fsp3) is 0.500. The number of anilines is 1. The molecule has 0 aliphatic heterocycles. The molecule has 1 unspecified atom stereocenters. The van der Waals surface area contributed by atoms with Gasteiger partial charge in [-0.25, -0.2) is 4.79 Å². The topological polar surface area (TPSA) is 58.6 Å². The zero-order valence-electron chi connectivity index (χ0n) is 11.4. The van der Waals surface area contributed by atoms with Gasteiger partial charge in [0.25, 0.3) is 0 Å². The first-order valence-electron chi connectivity index (χ1n) is 6.32. The predicted octanol–water partition coefficient (Wildman–Crippen LogP) is 3.51. The van der Waals surface area contributed by atoms with Crippen molar-refractivity contribution in [1.29, 1.82) is 0 Å². The Morgan fingerprint density at radius 2 is 2.16 bits per heavy atom. The Morgan fingerprint density at radius 1 is 1.47 bits per heavy atom. The lowest BCUT2D eigenvalue weighted by atomic mass is 10.0. The van der Waals surface area contributed by atoms with E-state index in [-0.39, 0.29) is 11.6 Å². The Balaban J connectivity index is 2.81. The highest BCUT2D eigenvalue weighted by molar-refractivity contribution is 6.33. The van der Waals surface area contributed by atoms with Crippen molar-refractivity contribution >= 4 is 23.3 Å². The van der Waals surface area contributed by atoms with E-state index >= 15 is 0 Å². The van der Waals surface area contributed by atoms with E-state index in [2.05, 4.69) is 19.2 Å². The Bertz CT molecular complexity index is 435. The average Bonchev–Trinajstić information content (AvgIpc) is 2.35. The number of nitrogens with one attached hydrogen (secondary N) is 1. The number of rotatable bonds is 7. The SMILES string of the molecule is CCOCC(Nc1ccc(C(=O)O)cc1Cl)C(C)C. The first-order valence-corrected chi connectivity index (χ1v) is 6.70. The van der Waals surface area contributed by atoms with Crippen molar-refractivity contribution in [2.24, 2.45) is 5.92 Å². The van der Waals surface area contributed by atoms with Crippen LogP contribution in [0.1, 0.15) is 31.1 Å². The fourth-order valence-corrected chi connectivity index (χ4v) is 1.85. The van der Waals surface area contributed by atoms with E-state index in [9.17, 15) is 4.79 Å². The van der Waals surface area contributed by atoms with Crippen LogP contribution < -0.4 is 5.32 Å². The lowest BCUT2D eigenvalue weighted by molar-refractivity contribution is 0.0697. The minimum Gasteiger partial charge on any atom is -0.478 e. The monoisotopic (exact) mass is 285 g/mol. The quantitative estimate of drug-likeness (QED) is 0.805. The molecule has 2 N–H and O–H groups in total. The van der Waals surface area contributed by atoms with Crippen LogP contribution in [0.3, 0.4) is 0 Å². The van der Waals surface area contributed by atoms with Gasteiger partial charge in [-0.3, -0.25) is 0 Å². The van der Waals surface area contributed by atoms with Crippen LogP contribution in [0.4, 0.5) is 5.69 Å². The molecule has 1 aromatic rings. The molecule has 106 valence electrons. The van der Waals surface area contributed by atoms with Crippen LogP contribution in [0, 0.1) is 5.92 Å². The van der Waals surface area contributed by atoms with Crippen LogP contribution >= 0.6 is 11.6 Å². The normalized spacial score (nSPS) is 12.5. The van der Waals surface area contributed by atoms with Gasteiger partial charge in [0.1, 0.15) is 0 Å². The van der Waals surface area contributed by atoms with Crippen LogP contribution in [-0.2, 0) is 4.74 Å². The summed E-state index contributed by atoms with van der Waals surface area (Å²) in [6.07, 6.45) is 0. The van der Waals surface area contributed by atoms with Crippen molar-refractivity contribution < 1.29 is 14.6 Å². The van der Waals surface area contributed by atoms with Gasteiger partial charge in [0, 0.05) is 6.61 Å². The molecule has 4 nitrogen and oxygen atoms in total. The molecule has 0 radical (unpaired) electrons. The number of halogens is 1. The molecule has 0 fully saturated rings. The molecule has 0 saturated heterocycles. The average molecular weight is 286 g/mol. The van der Waals surface area contributed by atoms with E-state index in [0.717, 1.165) is 5.69 Å². The van der Waals surface area contributed by atoms with E-state index in [1.165, 1.54) is 12.1 Å². The maximum absolute atomic E-state index is 10.8. The maximum atomic E-state index is 10.8. The summed E-state index contributed by atoms with van der Waals surface area (Å²) in [5, 5.41) is 12.6. The van der Waals surface area contributed by atoms with E-state index in [0.29, 0.717) is 24.2 Å². The largest absolute Gasteiger partial charge is 0.478 e. The molecular weight excluding hydrogens is 266 g/mol. The molecule has 0 aromatic heterocycles. The highest BCUT2D eigenvalue weighted by Gasteiger charge is 2.15. The standard InChI is InChI=1S/C14H20ClNO3/c1-4-19-8-13(9(2)3)16-12-6-5-10(14(17)18)7-11(12)15/h5-7,9,13,16H,4,8H2,1-3H3,(H,17,18). The maximum Gasteiger partial charge on any atom is 0.335 e. The van der Waals surface area contributed by atoms with E-state index in [1.807, 2.05) is 6.92 Å². The van der Waals surface area contributed by atoms with Crippen molar-refractivity contribution in [3.63, 3.8) is 0 Å². The number of benzene rings is 1. The number of carbonyl (C=O) groups is 1. The molecular formula is C14H20ClNO3. The molecule has 0 aliphatic carbocycles. The van der Waals surface area contributed by atoms with Crippen molar-refractivity contribution in [3.05, 3.63) is 28.8 Å². The van der Waals surface area contributed by atoms with Gasteiger partial charge in [-0.2, -0.15) is 0 Å². The highest BCUT2D eigenvalue weighted by Crippen LogP contribution is 2.25. The van der Waals surface area contributed by atoms with Crippen LogP contribution in [-0.4, -0.2) is 30.3 Å². The number of ether oxygens (including phenoxy) is 1. The molecule has 0 saturated carbocycles. The number of carboxylic acids is 1. The van der Waals surface area contributed by atoms with Gasteiger partial charge in [-0.1, -0.05) is 25.4 Å². The van der Waals surface area contributed by atoms with Crippen LogP contribution in [0.15, 0.2) is 18.2 Å². The Morgan fingerprint density at radius 3 is 2.63 bits per heavy atom. The third-order valence-corrected chi connectivity index (χ3v) is 3.18. The van der Waals surface area contributed by atoms with Gasteiger partial charge in [0.2, 0.25) is 0 Å². The summed E-state index contributed by atoms with van der Waals surface area (Å²) in [7, 11) is 0. The number of carboxylic acid groups (broad SMARTS) is 1. The fourth-order valence-electron chi connectivity index (χ4n) is 1.61. The molecule has 19 heavy (non-hydrogen) atoms. The molecule has 0 heterocycles. The number of aromatic carboxylic acids is 1. The predicted molar refractivity (Wildman–Crippen MR) is 77.2 cm³/mol. The molecule has 1 atom stereocenters. The summed E-state index contributed by atoms with van der Waals surface area (Å²) in [5.74, 6) is -0.607. The van der Waals surface area contributed by atoms with E-state index < -0.39 is 5.97 Å². The van der Waals surface area contributed by atoms with E-state index in [1.54, 1.807) is 6.07 Å². The first kappa shape index (κ1) is 15.8. The third-order valence-electron chi connectivity index (χ3n) is 2.86. The number of hydrogen-bond donors (Lipinski definition) is 2. The second-order valence-corrected chi connectivity index (χ2v) is 5.06. The molecule has 0 aliphatic rings. The Kier molecular flexibility index (Phi) is 6.12. The van der Waals surface area contributed by atoms with Crippen molar-refractivity contribution in [2.75, 3.05) is 18.5 Å². The smallest absolute Gasteiger partial charge is 0.335 e. The van der Waals surface area contributed by atoms with Gasteiger partial charge in [-0.05, 0) is 31.0 Å². The molecule has 1 rings (SSSR count). The zero-order chi connectivity index (χ0) is 14.4. The highest BCUT2D eigenvalue weighted by atomic mass is 35.5. The van der Waals surface area contributed by atoms with Crippen LogP contribution in [0.2, 0.25) is 5.02 Å². The van der Waals surface area contributed by atoms with Gasteiger partial charge < -0.3 is 15.2 Å². The van der Waals surface area contributed by atoms with Gasteiger partial charge in [-0.15, -0.1) is 0 Å². The van der Waals surface area contributed by atoms with Crippen LogP contribution in [0.5, 0.6) is 0 Å². The molecule has 0 amide bonds. The summed E-state index contributed by atoms with van der Waals surface area (Å²) in [6.45, 7) is 7.39. The first-order chi connectivity index (χ1) is 8.95. The third kappa shape index (κ3) is 4.73. The molecule has 0 bridgehead atoms. The van der Waals surface area contributed by atoms with E-state index in [4.69, 9.17) is 21.4 Å². The summed E-state index contributed by atoms with van der Waals surface area (Å²) in [6, 6.07) is 4.81. The second-order valence-electron chi connectivity index (χ2n) is 4.65. The Hall–Kier alpha value is -1.26. The summed E-state index contributed by atoms with van der Waals surface area (Å²) < 4.78 is 5.43. The summed E-state index contributed by atoms with van der Waals surface area (Å²) in [4.78, 5) is 10.8. The van der Waals surface area contributed by atoms with Crippen LogP contribution in [0.25, 0.3) is 0 Å². The molecule has 1 aromatic carbocycles. The minimum absolute atomic E-state index is 0.133. The Labute approximate surface area is 118 Å². The van der Waals surface area contributed by atoms with Gasteiger partial charge >= 0.3 is 5.97 Å². The summed E-state index contributed by atoms with van der Waals surface area (Å²) in [5.41, 5.74) is 0.909. The van der Waals surface area contributed by atoms with Crippen molar-refractivity contribution in [1.82, 2.24) is 0 Å². The van der Waals surface area contributed by atoms with Crippen molar-refractivity contribution in [3.8, 4) is 0 Å².